The van der Waals surface area contributed by atoms with Crippen LogP contribution in [0.2, 0.25) is 0 Å². The molecule has 0 aliphatic carbocycles. The Morgan fingerprint density at radius 2 is 1.97 bits per heavy atom. The number of rotatable bonds is 7. The number of aromatic amines is 1. The summed E-state index contributed by atoms with van der Waals surface area (Å²) in [5, 5.41) is 8.14. The lowest BCUT2D eigenvalue weighted by molar-refractivity contribution is 0.463. The molecule has 0 aliphatic heterocycles. The van der Waals surface area contributed by atoms with Crippen LogP contribution in [0.25, 0.3) is 11.3 Å². The van der Waals surface area contributed by atoms with Crippen molar-refractivity contribution in [1.29, 1.82) is 0 Å². The first kappa shape index (κ1) is 20.6. The maximum atomic E-state index is 4.66. The molecule has 0 saturated heterocycles. The van der Waals surface area contributed by atoms with Crippen molar-refractivity contribution in [3.63, 3.8) is 0 Å². The molecule has 7 heteroatoms. The molecule has 0 aliphatic rings. The number of hydrogen-bond donors (Lipinski definition) is 2. The van der Waals surface area contributed by atoms with Crippen LogP contribution in [0.4, 0.5) is 0 Å². The fourth-order valence-corrected chi connectivity index (χ4v) is 3.65. The van der Waals surface area contributed by atoms with E-state index in [2.05, 4.69) is 56.3 Å². The normalized spacial score (nSPS) is 11.7. The molecule has 0 atom stereocenters. The summed E-state index contributed by atoms with van der Waals surface area (Å²) in [5.74, 6) is 1.73. The van der Waals surface area contributed by atoms with Gasteiger partial charge in [-0.05, 0) is 18.4 Å². The molecule has 0 radical (unpaired) electrons. The van der Waals surface area contributed by atoms with E-state index in [-0.39, 0.29) is 0 Å². The largest absolute Gasteiger partial charge is 0.352 e. The van der Waals surface area contributed by atoms with Crippen LogP contribution in [0.3, 0.4) is 0 Å². The van der Waals surface area contributed by atoms with E-state index in [1.807, 2.05) is 43.2 Å². The van der Waals surface area contributed by atoms with Gasteiger partial charge >= 0.3 is 0 Å². The van der Waals surface area contributed by atoms with Crippen molar-refractivity contribution < 1.29 is 0 Å². The molecule has 0 amide bonds. The van der Waals surface area contributed by atoms with E-state index in [1.165, 1.54) is 11.3 Å². The Kier molecular flexibility index (Phi) is 6.69. The van der Waals surface area contributed by atoms with Gasteiger partial charge in [0.05, 0.1) is 24.1 Å². The van der Waals surface area contributed by atoms with E-state index in [0.717, 1.165) is 41.6 Å². The topological polar surface area (TPSA) is 74.1 Å². The number of nitrogens with zero attached hydrogens (tertiary/aromatic N) is 5. The van der Waals surface area contributed by atoms with Crippen LogP contribution >= 0.6 is 0 Å². The van der Waals surface area contributed by atoms with E-state index in [1.54, 1.807) is 7.05 Å². The van der Waals surface area contributed by atoms with Crippen LogP contribution in [0.5, 0.6) is 0 Å². The molecule has 154 valence electrons. The molecule has 7 nitrogen and oxygen atoms in total. The molecule has 3 aromatic rings. The van der Waals surface area contributed by atoms with Crippen LogP contribution in [0.1, 0.15) is 36.6 Å². The van der Waals surface area contributed by atoms with E-state index in [0.29, 0.717) is 13.1 Å². The highest BCUT2D eigenvalue weighted by atomic mass is 15.3. The summed E-state index contributed by atoms with van der Waals surface area (Å²) in [7, 11) is 5.84. The van der Waals surface area contributed by atoms with Crippen LogP contribution in [0.15, 0.2) is 41.5 Å². The van der Waals surface area contributed by atoms with Crippen LogP contribution < -0.4 is 5.32 Å². The Bertz CT molecular complexity index is 953. The standard InChI is InChI=1S/C22H31N7/c1-6-18-17(20(7-2)29(5)27-18)13-25-22(23-3)28(4)15-21-24-14-19(26-21)16-11-9-8-10-12-16/h8-12,14H,6-7,13,15H2,1-5H3,(H,23,25)(H,24,26). The summed E-state index contributed by atoms with van der Waals surface area (Å²) < 4.78 is 2.00. The van der Waals surface area contributed by atoms with E-state index >= 15 is 0 Å². The second-order valence-electron chi connectivity index (χ2n) is 7.07. The van der Waals surface area contributed by atoms with Gasteiger partial charge in [0.1, 0.15) is 5.82 Å². The molecule has 0 fully saturated rings. The van der Waals surface area contributed by atoms with Gasteiger partial charge in [0.2, 0.25) is 0 Å². The number of imidazole rings is 1. The molecule has 0 bridgehead atoms. The molecule has 0 unspecified atom stereocenters. The van der Waals surface area contributed by atoms with Crippen molar-refractivity contribution in [2.24, 2.45) is 12.0 Å². The monoisotopic (exact) mass is 393 g/mol. The predicted octanol–water partition coefficient (Wildman–Crippen LogP) is 3.14. The van der Waals surface area contributed by atoms with Gasteiger partial charge in [-0.15, -0.1) is 0 Å². The van der Waals surface area contributed by atoms with Crippen molar-refractivity contribution in [3.8, 4) is 11.3 Å². The van der Waals surface area contributed by atoms with Gasteiger partial charge in [-0.2, -0.15) is 5.10 Å². The summed E-state index contributed by atoms with van der Waals surface area (Å²) in [6.45, 7) is 5.67. The van der Waals surface area contributed by atoms with Crippen molar-refractivity contribution in [3.05, 3.63) is 59.3 Å². The van der Waals surface area contributed by atoms with Gasteiger partial charge in [0, 0.05) is 38.9 Å². The minimum atomic E-state index is 0.640. The number of aryl methyl sites for hydroxylation is 2. The second-order valence-corrected chi connectivity index (χ2v) is 7.07. The molecular weight excluding hydrogens is 362 g/mol. The molecule has 2 aromatic heterocycles. The fourth-order valence-electron chi connectivity index (χ4n) is 3.65. The van der Waals surface area contributed by atoms with Crippen LogP contribution in [-0.2, 0) is 33.0 Å². The Hall–Kier alpha value is -3.09. The van der Waals surface area contributed by atoms with Crippen molar-refractivity contribution in [2.75, 3.05) is 14.1 Å². The molecule has 1 aromatic carbocycles. The SMILES string of the molecule is CCc1nn(C)c(CC)c1CNC(=NC)N(C)Cc1ncc(-c2ccccc2)[nH]1. The van der Waals surface area contributed by atoms with Crippen LogP contribution in [0, 0.1) is 0 Å². The summed E-state index contributed by atoms with van der Waals surface area (Å²) in [6, 6.07) is 10.2. The second kappa shape index (κ2) is 9.41. The first-order valence-corrected chi connectivity index (χ1v) is 10.1. The predicted molar refractivity (Wildman–Crippen MR) is 118 cm³/mol. The number of hydrogen-bond acceptors (Lipinski definition) is 3. The van der Waals surface area contributed by atoms with Gasteiger partial charge in [-0.1, -0.05) is 44.2 Å². The minimum Gasteiger partial charge on any atom is -0.352 e. The lowest BCUT2D eigenvalue weighted by Crippen LogP contribution is -2.38. The highest BCUT2D eigenvalue weighted by Gasteiger charge is 2.15. The number of benzene rings is 1. The van der Waals surface area contributed by atoms with Gasteiger partial charge < -0.3 is 15.2 Å². The molecular formula is C22H31N7. The molecule has 0 saturated carbocycles. The first-order valence-electron chi connectivity index (χ1n) is 10.1. The Morgan fingerprint density at radius 3 is 2.62 bits per heavy atom. The summed E-state index contributed by atoms with van der Waals surface area (Å²) >= 11 is 0. The third-order valence-corrected chi connectivity index (χ3v) is 5.12. The highest BCUT2D eigenvalue weighted by molar-refractivity contribution is 5.79. The quantitative estimate of drug-likeness (QED) is 0.478. The van der Waals surface area contributed by atoms with Gasteiger partial charge in [-0.25, -0.2) is 4.98 Å². The van der Waals surface area contributed by atoms with E-state index < -0.39 is 0 Å². The Morgan fingerprint density at radius 1 is 1.21 bits per heavy atom. The third-order valence-electron chi connectivity index (χ3n) is 5.12. The average Bonchev–Trinajstić information content (AvgIpc) is 3.32. The Labute approximate surface area is 172 Å². The maximum absolute atomic E-state index is 4.66. The number of H-pyrrole nitrogens is 1. The summed E-state index contributed by atoms with van der Waals surface area (Å²) in [4.78, 5) is 14.5. The smallest absolute Gasteiger partial charge is 0.194 e. The van der Waals surface area contributed by atoms with Gasteiger partial charge in [-0.3, -0.25) is 9.67 Å². The number of guanidine groups is 1. The number of aliphatic imine (C=N–C) groups is 1. The zero-order valence-corrected chi connectivity index (χ0v) is 18.0. The highest BCUT2D eigenvalue weighted by Crippen LogP contribution is 2.17. The van der Waals surface area contributed by atoms with E-state index in [4.69, 9.17) is 0 Å². The molecule has 2 heterocycles. The Balaban J connectivity index is 1.66. The molecule has 29 heavy (non-hydrogen) atoms. The first-order chi connectivity index (χ1) is 14.1. The lowest BCUT2D eigenvalue weighted by Gasteiger charge is -2.21. The summed E-state index contributed by atoms with van der Waals surface area (Å²) in [5.41, 5.74) is 5.84. The number of nitrogens with one attached hydrogen (secondary N) is 2. The molecule has 3 rings (SSSR count). The average molecular weight is 394 g/mol. The molecule has 2 N–H and O–H groups in total. The number of aromatic nitrogens is 4. The zero-order chi connectivity index (χ0) is 20.8. The van der Waals surface area contributed by atoms with Crippen molar-refractivity contribution in [1.82, 2.24) is 30.0 Å². The third kappa shape index (κ3) is 4.67. The van der Waals surface area contributed by atoms with Crippen molar-refractivity contribution >= 4 is 5.96 Å². The maximum Gasteiger partial charge on any atom is 0.194 e. The van der Waals surface area contributed by atoms with E-state index in [9.17, 15) is 0 Å². The molecule has 0 spiro atoms. The zero-order valence-electron chi connectivity index (χ0n) is 18.0. The summed E-state index contributed by atoms with van der Waals surface area (Å²) in [6.07, 6.45) is 3.77. The van der Waals surface area contributed by atoms with Crippen molar-refractivity contribution in [2.45, 2.75) is 39.8 Å². The van der Waals surface area contributed by atoms with Gasteiger partial charge in [0.15, 0.2) is 5.96 Å². The minimum absolute atomic E-state index is 0.640. The fraction of sp³-hybridized carbons (Fsp3) is 0.409. The van der Waals surface area contributed by atoms with Gasteiger partial charge in [0.25, 0.3) is 0 Å². The van der Waals surface area contributed by atoms with Crippen LogP contribution in [-0.4, -0.2) is 44.7 Å². The lowest BCUT2D eigenvalue weighted by atomic mass is 10.1.